The van der Waals surface area contributed by atoms with Crippen LogP contribution in [0.4, 0.5) is 0 Å². The molecule has 462 valence electrons. The summed E-state index contributed by atoms with van der Waals surface area (Å²) in [5, 5.41) is 86.8. The molecule has 0 radical (unpaired) electrons. The molecule has 0 aromatic rings. The summed E-state index contributed by atoms with van der Waals surface area (Å²) in [5.41, 5.74) is 0. The maximum atomic E-state index is 13.2. The summed E-state index contributed by atoms with van der Waals surface area (Å²) in [5.74, 6) is -0.240. The first-order valence-electron chi connectivity index (χ1n) is 32.4. The molecule has 14 nitrogen and oxygen atoms in total. The number of aliphatic hydroxyl groups excluding tert-OH is 8. The number of carbonyl (C=O) groups is 1. The Kier molecular flexibility index (Phi) is 46.7. The van der Waals surface area contributed by atoms with Gasteiger partial charge in [-0.05, 0) is 57.8 Å². The van der Waals surface area contributed by atoms with Crippen molar-refractivity contribution in [2.45, 2.75) is 338 Å². The van der Waals surface area contributed by atoms with Gasteiger partial charge in [0.1, 0.15) is 48.8 Å². The van der Waals surface area contributed by atoms with Gasteiger partial charge in [-0.15, -0.1) is 0 Å². The van der Waals surface area contributed by atoms with E-state index in [1.807, 2.05) is 6.08 Å². The van der Waals surface area contributed by atoms with Crippen LogP contribution in [0.15, 0.2) is 48.6 Å². The third-order valence-electron chi connectivity index (χ3n) is 15.8. The topological polar surface area (TPSA) is 228 Å². The van der Waals surface area contributed by atoms with Crippen LogP contribution in [-0.4, -0.2) is 140 Å². The molecule has 2 aliphatic rings. The number of aliphatic hydroxyl groups is 8. The molecule has 2 aliphatic heterocycles. The van der Waals surface area contributed by atoms with Crippen LogP contribution in [0.1, 0.15) is 264 Å². The Morgan fingerprint density at radius 2 is 0.835 bits per heavy atom. The second-order valence-electron chi connectivity index (χ2n) is 22.9. The zero-order valence-corrected chi connectivity index (χ0v) is 49.9. The maximum Gasteiger partial charge on any atom is 0.220 e. The fourth-order valence-corrected chi connectivity index (χ4v) is 10.5. The van der Waals surface area contributed by atoms with Crippen molar-refractivity contribution in [2.24, 2.45) is 0 Å². The van der Waals surface area contributed by atoms with Crippen molar-refractivity contribution in [3.05, 3.63) is 48.6 Å². The lowest BCUT2D eigenvalue weighted by molar-refractivity contribution is -0.359. The van der Waals surface area contributed by atoms with E-state index in [2.05, 4.69) is 55.6 Å². The standard InChI is InChI=1S/C65H119NO13/c1-3-5-7-9-11-13-14-15-16-17-18-19-20-21-22-23-24-25-26-27-28-29-30-31-32-33-34-35-36-37-38-39-40-41-43-45-47-49-57(70)66-53(54(69)48-46-44-42-12-10-8-6-4-2)52-76-64-62(75)60(73)63(56(51-68)78-64)79-65-61(74)59(72)58(71)55(50-67)77-65/h14-15,17-18,20-21,46,48,53-56,58-65,67-69,71-75H,3-13,16,19,22-45,47,49-52H2,1-2H3,(H,66,70)/b15-14-,18-17-,21-20-,48-46+. The first kappa shape index (κ1) is 73.1. The van der Waals surface area contributed by atoms with E-state index in [-0.39, 0.29) is 18.9 Å². The summed E-state index contributed by atoms with van der Waals surface area (Å²) in [6.45, 7) is 2.74. The quantitative estimate of drug-likeness (QED) is 0.0204. The van der Waals surface area contributed by atoms with Crippen molar-refractivity contribution in [2.75, 3.05) is 19.8 Å². The maximum absolute atomic E-state index is 13.2. The van der Waals surface area contributed by atoms with Crippen molar-refractivity contribution in [1.29, 1.82) is 0 Å². The van der Waals surface area contributed by atoms with E-state index in [1.54, 1.807) is 6.08 Å². The zero-order valence-electron chi connectivity index (χ0n) is 49.9. The van der Waals surface area contributed by atoms with Gasteiger partial charge in [-0.1, -0.05) is 249 Å². The highest BCUT2D eigenvalue weighted by Crippen LogP contribution is 2.30. The van der Waals surface area contributed by atoms with E-state index < -0.39 is 86.8 Å². The first-order valence-corrected chi connectivity index (χ1v) is 32.4. The number of carbonyl (C=O) groups excluding carboxylic acids is 1. The number of rotatable bonds is 52. The predicted octanol–water partition coefficient (Wildman–Crippen LogP) is 12.0. The third-order valence-corrected chi connectivity index (χ3v) is 15.8. The van der Waals surface area contributed by atoms with Gasteiger partial charge >= 0.3 is 0 Å². The highest BCUT2D eigenvalue weighted by molar-refractivity contribution is 5.76. The van der Waals surface area contributed by atoms with Crippen LogP contribution in [-0.2, 0) is 23.7 Å². The minimum atomic E-state index is -1.79. The van der Waals surface area contributed by atoms with Crippen LogP contribution in [0.25, 0.3) is 0 Å². The van der Waals surface area contributed by atoms with Crippen molar-refractivity contribution < 1.29 is 64.6 Å². The minimum Gasteiger partial charge on any atom is -0.394 e. The lowest BCUT2D eigenvalue weighted by atomic mass is 9.97. The number of amides is 1. The van der Waals surface area contributed by atoms with Crippen molar-refractivity contribution in [1.82, 2.24) is 5.32 Å². The fraction of sp³-hybridized carbons (Fsp3) is 0.862. The summed E-state index contributed by atoms with van der Waals surface area (Å²) in [7, 11) is 0. The highest BCUT2D eigenvalue weighted by atomic mass is 16.7. The number of unbranched alkanes of at least 4 members (excludes halogenated alkanes) is 33. The molecule has 2 heterocycles. The fourth-order valence-electron chi connectivity index (χ4n) is 10.5. The third kappa shape index (κ3) is 35.6. The summed E-state index contributed by atoms with van der Waals surface area (Å²) >= 11 is 0. The van der Waals surface area contributed by atoms with E-state index in [0.717, 1.165) is 57.8 Å². The van der Waals surface area contributed by atoms with Crippen molar-refractivity contribution in [3.8, 4) is 0 Å². The Labute approximate surface area is 480 Å². The lowest BCUT2D eigenvalue weighted by Gasteiger charge is -2.46. The molecule has 2 rings (SSSR count). The Morgan fingerprint density at radius 3 is 1.28 bits per heavy atom. The van der Waals surface area contributed by atoms with Gasteiger partial charge < -0.3 is 65.1 Å². The second-order valence-corrected chi connectivity index (χ2v) is 22.9. The second kappa shape index (κ2) is 50.5. The summed E-state index contributed by atoms with van der Waals surface area (Å²) in [6, 6.07) is -0.911. The van der Waals surface area contributed by atoms with Crippen molar-refractivity contribution >= 4 is 5.91 Å². The van der Waals surface area contributed by atoms with Gasteiger partial charge in [0.2, 0.25) is 5.91 Å². The molecule has 0 aliphatic carbocycles. The van der Waals surface area contributed by atoms with E-state index in [0.29, 0.717) is 6.42 Å². The Morgan fingerprint density at radius 1 is 0.456 bits per heavy atom. The number of hydrogen-bond donors (Lipinski definition) is 9. The molecular formula is C65H119NO13. The molecule has 12 atom stereocenters. The Hall–Kier alpha value is -2.05. The number of ether oxygens (including phenoxy) is 4. The van der Waals surface area contributed by atoms with Gasteiger partial charge in [0.05, 0.1) is 32.0 Å². The van der Waals surface area contributed by atoms with Crippen LogP contribution in [0.3, 0.4) is 0 Å². The smallest absolute Gasteiger partial charge is 0.220 e. The lowest BCUT2D eigenvalue weighted by Crippen LogP contribution is -2.65. The van der Waals surface area contributed by atoms with Gasteiger partial charge in [0.15, 0.2) is 12.6 Å². The molecule has 0 spiro atoms. The summed E-state index contributed by atoms with van der Waals surface area (Å²) in [6.07, 6.45) is 47.9. The van der Waals surface area contributed by atoms with Gasteiger partial charge in [-0.25, -0.2) is 0 Å². The van der Waals surface area contributed by atoms with Crippen molar-refractivity contribution in [3.63, 3.8) is 0 Å². The van der Waals surface area contributed by atoms with Gasteiger partial charge in [-0.3, -0.25) is 4.79 Å². The zero-order chi connectivity index (χ0) is 57.4. The number of nitrogens with one attached hydrogen (secondary N) is 1. The number of allylic oxidation sites excluding steroid dienone is 7. The van der Waals surface area contributed by atoms with E-state index >= 15 is 0 Å². The average Bonchev–Trinajstić information content (AvgIpc) is 3.47. The average molecular weight is 1120 g/mol. The molecule has 12 unspecified atom stereocenters. The van der Waals surface area contributed by atoms with E-state index in [9.17, 15) is 45.6 Å². The van der Waals surface area contributed by atoms with Gasteiger partial charge in [0, 0.05) is 6.42 Å². The summed E-state index contributed by atoms with van der Waals surface area (Å²) in [4.78, 5) is 13.2. The normalized spacial score (nSPS) is 24.7. The highest BCUT2D eigenvalue weighted by Gasteiger charge is 2.51. The number of hydrogen-bond acceptors (Lipinski definition) is 13. The largest absolute Gasteiger partial charge is 0.394 e. The predicted molar refractivity (Wildman–Crippen MR) is 318 cm³/mol. The monoisotopic (exact) mass is 1120 g/mol. The molecule has 2 fully saturated rings. The Balaban J connectivity index is 1.53. The van der Waals surface area contributed by atoms with E-state index in [4.69, 9.17) is 18.9 Å². The SMILES string of the molecule is CCCCCCC/C=C\C/C=C\C/C=C\CCCCCCCCCCCCCCCCCCCCCCCCC(=O)NC(COC1OC(CO)C(OC2OC(CO)C(O)C(O)C2O)C(O)C1O)C(O)/C=C/CCCCCCCC. The van der Waals surface area contributed by atoms with Gasteiger partial charge in [-0.2, -0.15) is 0 Å². The minimum absolute atomic E-state index is 0.240. The molecule has 0 aromatic heterocycles. The van der Waals surface area contributed by atoms with Gasteiger partial charge in [0.25, 0.3) is 0 Å². The molecule has 9 N–H and O–H groups in total. The molecule has 14 heteroatoms. The van der Waals surface area contributed by atoms with E-state index in [1.165, 1.54) is 180 Å². The Bertz CT molecular complexity index is 1510. The molecule has 0 bridgehead atoms. The van der Waals surface area contributed by atoms with Crippen LogP contribution in [0.2, 0.25) is 0 Å². The molecule has 0 saturated carbocycles. The summed E-state index contributed by atoms with van der Waals surface area (Å²) < 4.78 is 22.7. The van der Waals surface area contributed by atoms with Crippen LogP contribution in [0, 0.1) is 0 Å². The molecule has 79 heavy (non-hydrogen) atoms. The molecule has 1 amide bonds. The first-order chi connectivity index (χ1) is 38.6. The van der Waals surface area contributed by atoms with Crippen LogP contribution >= 0.6 is 0 Å². The van der Waals surface area contributed by atoms with Crippen LogP contribution < -0.4 is 5.32 Å². The molecule has 2 saturated heterocycles. The molecule has 0 aromatic carbocycles. The van der Waals surface area contributed by atoms with Crippen LogP contribution in [0.5, 0.6) is 0 Å². The molecular weight excluding hydrogens is 1000 g/mol.